The topological polar surface area (TPSA) is 36.4 Å². The largest absolute Gasteiger partial charge is 0.308 e. The average Bonchev–Trinajstić information content (AvgIpc) is 3.08. The van der Waals surface area contributed by atoms with Gasteiger partial charge in [0, 0.05) is 28.9 Å². The number of thioether (sulfide) groups is 1. The zero-order valence-electron chi connectivity index (χ0n) is 16.1. The maximum Gasteiger partial charge on any atom is 0.228 e. The van der Waals surface area contributed by atoms with Crippen LogP contribution in [0.25, 0.3) is 10.2 Å². The van der Waals surface area contributed by atoms with Crippen LogP contribution in [0.5, 0.6) is 0 Å². The number of aromatic nitrogens is 1. The summed E-state index contributed by atoms with van der Waals surface area (Å²) in [5, 5.41) is 0.788. The number of rotatable bonds is 9. The van der Waals surface area contributed by atoms with Gasteiger partial charge >= 0.3 is 0 Å². The van der Waals surface area contributed by atoms with Crippen LogP contribution in [0.3, 0.4) is 0 Å². The first-order valence-corrected chi connectivity index (χ1v) is 11.8. The molecule has 148 valence electrons. The number of hydrogen-bond donors (Lipinski definition) is 0. The summed E-state index contributed by atoms with van der Waals surface area (Å²) >= 11 is 6.88. The number of thiazole rings is 1. The van der Waals surface area contributed by atoms with E-state index in [-0.39, 0.29) is 5.91 Å². The molecule has 0 radical (unpaired) electrons. The Kier molecular flexibility index (Phi) is 7.91. The molecule has 0 bridgehead atoms. The molecule has 3 rings (SSSR count). The van der Waals surface area contributed by atoms with Crippen molar-refractivity contribution in [2.24, 2.45) is 0 Å². The first-order chi connectivity index (χ1) is 13.5. The van der Waals surface area contributed by atoms with Crippen LogP contribution in [0, 0.1) is 0 Å². The van der Waals surface area contributed by atoms with E-state index in [1.807, 2.05) is 49.3 Å². The maximum absolute atomic E-state index is 13.0. The standard InChI is InChI=1S/C21H24BrN3OS2/c1-24(2)12-13-25(21-23-18-11-10-16(22)15-19(18)28-21)20(26)9-6-14-27-17-7-4-3-5-8-17/h3-5,7-8,10-11,15H,6,9,12-14H2,1-2H3. The molecule has 0 spiro atoms. The Labute approximate surface area is 183 Å². The predicted octanol–water partition coefficient (Wildman–Crippen LogP) is 5.53. The fourth-order valence-corrected chi connectivity index (χ4v) is 5.13. The number of anilines is 1. The van der Waals surface area contributed by atoms with Gasteiger partial charge in [-0.25, -0.2) is 4.98 Å². The summed E-state index contributed by atoms with van der Waals surface area (Å²) in [5.74, 6) is 1.08. The molecule has 1 aromatic heterocycles. The summed E-state index contributed by atoms with van der Waals surface area (Å²) < 4.78 is 2.12. The lowest BCUT2D eigenvalue weighted by Crippen LogP contribution is -2.36. The molecule has 1 amide bonds. The van der Waals surface area contributed by atoms with Crippen molar-refractivity contribution in [3.63, 3.8) is 0 Å². The zero-order chi connectivity index (χ0) is 19.9. The molecule has 0 aliphatic rings. The summed E-state index contributed by atoms with van der Waals surface area (Å²) in [6.07, 6.45) is 1.39. The molecule has 2 aromatic carbocycles. The van der Waals surface area contributed by atoms with E-state index >= 15 is 0 Å². The minimum Gasteiger partial charge on any atom is -0.308 e. The molecule has 0 unspecified atom stereocenters. The van der Waals surface area contributed by atoms with Crippen molar-refractivity contribution < 1.29 is 4.79 Å². The highest BCUT2D eigenvalue weighted by Crippen LogP contribution is 2.31. The van der Waals surface area contributed by atoms with E-state index < -0.39 is 0 Å². The van der Waals surface area contributed by atoms with E-state index in [1.54, 1.807) is 23.1 Å². The summed E-state index contributed by atoms with van der Waals surface area (Å²) in [4.78, 5) is 22.9. The number of carbonyl (C=O) groups is 1. The van der Waals surface area contributed by atoms with Gasteiger partial charge in [0.2, 0.25) is 5.91 Å². The van der Waals surface area contributed by atoms with Crippen LogP contribution in [0.15, 0.2) is 57.9 Å². The van der Waals surface area contributed by atoms with Gasteiger partial charge in [-0.1, -0.05) is 45.5 Å². The third kappa shape index (κ3) is 6.04. The molecule has 0 fully saturated rings. The fraction of sp³-hybridized carbons (Fsp3) is 0.333. The molecule has 1 heterocycles. The number of benzene rings is 2. The van der Waals surface area contributed by atoms with E-state index in [9.17, 15) is 4.79 Å². The Morgan fingerprint density at radius 1 is 1.14 bits per heavy atom. The normalized spacial score (nSPS) is 11.3. The molecular formula is C21H24BrN3OS2. The van der Waals surface area contributed by atoms with Crippen LogP contribution < -0.4 is 4.90 Å². The molecule has 0 aliphatic carbocycles. The van der Waals surface area contributed by atoms with Crippen LogP contribution in [0.1, 0.15) is 12.8 Å². The smallest absolute Gasteiger partial charge is 0.228 e. The number of nitrogens with zero attached hydrogens (tertiary/aromatic N) is 3. The highest BCUT2D eigenvalue weighted by Gasteiger charge is 2.19. The Morgan fingerprint density at radius 2 is 1.93 bits per heavy atom. The summed E-state index contributed by atoms with van der Waals surface area (Å²) in [6, 6.07) is 16.4. The summed E-state index contributed by atoms with van der Waals surface area (Å²) in [6.45, 7) is 1.46. The summed E-state index contributed by atoms with van der Waals surface area (Å²) in [7, 11) is 4.04. The van der Waals surface area contributed by atoms with Crippen LogP contribution in [-0.4, -0.2) is 48.7 Å². The lowest BCUT2D eigenvalue weighted by Gasteiger charge is -2.22. The van der Waals surface area contributed by atoms with Crippen molar-refractivity contribution in [3.8, 4) is 0 Å². The lowest BCUT2D eigenvalue weighted by atomic mass is 10.3. The Balaban J connectivity index is 1.64. The second-order valence-corrected chi connectivity index (χ2v) is 9.82. The Bertz CT molecular complexity index is 914. The molecule has 4 nitrogen and oxygen atoms in total. The zero-order valence-corrected chi connectivity index (χ0v) is 19.3. The second kappa shape index (κ2) is 10.4. The van der Waals surface area contributed by atoms with Gasteiger partial charge in [-0.15, -0.1) is 11.8 Å². The first-order valence-electron chi connectivity index (χ1n) is 9.22. The number of hydrogen-bond acceptors (Lipinski definition) is 5. The maximum atomic E-state index is 13.0. The molecule has 0 saturated carbocycles. The van der Waals surface area contributed by atoms with Crippen LogP contribution in [-0.2, 0) is 4.79 Å². The SMILES string of the molecule is CN(C)CCN(C(=O)CCCSc1ccccc1)c1nc2ccc(Br)cc2s1. The number of likely N-dealkylation sites (N-methyl/N-ethyl adjacent to an activating group) is 1. The molecule has 0 N–H and O–H groups in total. The third-order valence-corrected chi connectivity index (χ3v) is 6.82. The average molecular weight is 478 g/mol. The number of amides is 1. The predicted molar refractivity (Wildman–Crippen MR) is 125 cm³/mol. The van der Waals surface area contributed by atoms with Gasteiger partial charge in [-0.3, -0.25) is 9.69 Å². The number of carbonyl (C=O) groups excluding carboxylic acids is 1. The van der Waals surface area contributed by atoms with Gasteiger partial charge in [0.25, 0.3) is 0 Å². The van der Waals surface area contributed by atoms with Crippen molar-refractivity contribution in [1.82, 2.24) is 9.88 Å². The van der Waals surface area contributed by atoms with Crippen molar-refractivity contribution >= 4 is 60.3 Å². The van der Waals surface area contributed by atoms with E-state index in [0.29, 0.717) is 13.0 Å². The molecular weight excluding hydrogens is 454 g/mol. The molecule has 0 atom stereocenters. The number of halogens is 1. The van der Waals surface area contributed by atoms with Gasteiger partial charge in [0.15, 0.2) is 5.13 Å². The third-order valence-electron chi connectivity index (χ3n) is 4.19. The lowest BCUT2D eigenvalue weighted by molar-refractivity contribution is -0.118. The van der Waals surface area contributed by atoms with Gasteiger partial charge in [0.05, 0.1) is 10.2 Å². The van der Waals surface area contributed by atoms with Gasteiger partial charge in [0.1, 0.15) is 0 Å². The van der Waals surface area contributed by atoms with Gasteiger partial charge in [-0.05, 0) is 56.6 Å². The molecule has 3 aromatic rings. The van der Waals surface area contributed by atoms with E-state index in [2.05, 4.69) is 39.0 Å². The summed E-state index contributed by atoms with van der Waals surface area (Å²) in [5.41, 5.74) is 0.936. The fourth-order valence-electron chi connectivity index (χ4n) is 2.69. The van der Waals surface area contributed by atoms with E-state index in [4.69, 9.17) is 4.98 Å². The molecule has 0 aliphatic heterocycles. The Morgan fingerprint density at radius 3 is 2.68 bits per heavy atom. The van der Waals surface area contributed by atoms with Crippen molar-refractivity contribution in [2.75, 3.05) is 37.8 Å². The minimum absolute atomic E-state index is 0.147. The van der Waals surface area contributed by atoms with Crippen LogP contribution in [0.4, 0.5) is 5.13 Å². The quantitative estimate of drug-likeness (QED) is 0.300. The second-order valence-electron chi connectivity index (χ2n) is 6.72. The van der Waals surface area contributed by atoms with Crippen molar-refractivity contribution in [1.29, 1.82) is 0 Å². The van der Waals surface area contributed by atoms with E-state index in [1.165, 1.54) is 4.90 Å². The first kappa shape index (κ1) is 21.3. The molecule has 28 heavy (non-hydrogen) atoms. The van der Waals surface area contributed by atoms with Crippen LogP contribution in [0.2, 0.25) is 0 Å². The van der Waals surface area contributed by atoms with Crippen molar-refractivity contribution in [2.45, 2.75) is 17.7 Å². The number of fused-ring (bicyclic) bond motifs is 1. The highest BCUT2D eigenvalue weighted by atomic mass is 79.9. The minimum atomic E-state index is 0.147. The molecule has 7 heteroatoms. The van der Waals surface area contributed by atoms with Crippen LogP contribution >= 0.6 is 39.0 Å². The van der Waals surface area contributed by atoms with Crippen molar-refractivity contribution in [3.05, 3.63) is 53.0 Å². The Hall–Kier alpha value is -1.41. The highest BCUT2D eigenvalue weighted by molar-refractivity contribution is 9.10. The monoisotopic (exact) mass is 477 g/mol. The molecule has 0 saturated heterocycles. The van der Waals surface area contributed by atoms with Gasteiger partial charge < -0.3 is 4.90 Å². The van der Waals surface area contributed by atoms with E-state index in [0.717, 1.165) is 38.5 Å². The van der Waals surface area contributed by atoms with Gasteiger partial charge in [-0.2, -0.15) is 0 Å².